The third-order valence-electron chi connectivity index (χ3n) is 2.51. The lowest BCUT2D eigenvalue weighted by Crippen LogP contribution is -2.17. The van der Waals surface area contributed by atoms with E-state index in [0.717, 1.165) is 17.0 Å². The Bertz CT molecular complexity index is 540. The van der Waals surface area contributed by atoms with Crippen LogP contribution in [0.15, 0.2) is 35.1 Å². The molecule has 0 fully saturated rings. The smallest absolute Gasteiger partial charge is 0.267 e. The number of methoxy groups -OCH3 is 1. The molecule has 2 N–H and O–H groups in total. The normalized spacial score (nSPS) is 10.5. The molecule has 0 saturated heterocycles. The summed E-state index contributed by atoms with van der Waals surface area (Å²) in [6.07, 6.45) is 0. The number of aromatic nitrogens is 2. The fraction of sp³-hybridized carbons (Fsp3) is 0.250. The van der Waals surface area contributed by atoms with Crippen molar-refractivity contribution in [2.75, 3.05) is 13.7 Å². The minimum absolute atomic E-state index is 0.0670. The molecule has 5 nitrogen and oxygen atoms in total. The Labute approximate surface area is 98.3 Å². The van der Waals surface area contributed by atoms with Gasteiger partial charge in [-0.05, 0) is 29.8 Å². The molecule has 0 bridgehead atoms. The van der Waals surface area contributed by atoms with Crippen LogP contribution in [0.1, 0.15) is 0 Å². The number of benzene rings is 1. The van der Waals surface area contributed by atoms with Crippen molar-refractivity contribution in [1.29, 1.82) is 0 Å². The van der Waals surface area contributed by atoms with Crippen molar-refractivity contribution < 1.29 is 9.84 Å². The molecular weight excluding hydrogens is 220 g/mol. The van der Waals surface area contributed by atoms with Crippen molar-refractivity contribution in [3.63, 3.8) is 0 Å². The summed E-state index contributed by atoms with van der Waals surface area (Å²) in [5.41, 5.74) is 1.48. The van der Waals surface area contributed by atoms with Gasteiger partial charge in [0, 0.05) is 6.07 Å². The molecule has 1 heterocycles. The maximum absolute atomic E-state index is 11.5. The van der Waals surface area contributed by atoms with Crippen LogP contribution in [-0.2, 0) is 6.54 Å². The number of aromatic amines is 1. The third kappa shape index (κ3) is 2.39. The fourth-order valence-electron chi connectivity index (χ4n) is 1.62. The lowest BCUT2D eigenvalue weighted by atomic mass is 10.1. The van der Waals surface area contributed by atoms with Crippen molar-refractivity contribution in [3.05, 3.63) is 40.7 Å². The number of aliphatic hydroxyl groups excluding tert-OH is 1. The second-order valence-corrected chi connectivity index (χ2v) is 3.61. The minimum Gasteiger partial charge on any atom is -0.497 e. The maximum Gasteiger partial charge on any atom is 0.267 e. The Hall–Kier alpha value is -2.01. The monoisotopic (exact) mass is 234 g/mol. The lowest BCUT2D eigenvalue weighted by Gasteiger charge is -2.02. The van der Waals surface area contributed by atoms with Crippen molar-refractivity contribution in [3.8, 4) is 17.0 Å². The maximum atomic E-state index is 11.5. The van der Waals surface area contributed by atoms with Crippen LogP contribution in [0.25, 0.3) is 11.3 Å². The van der Waals surface area contributed by atoms with Gasteiger partial charge >= 0.3 is 0 Å². The van der Waals surface area contributed by atoms with E-state index in [1.165, 1.54) is 10.7 Å². The van der Waals surface area contributed by atoms with Crippen LogP contribution in [0.3, 0.4) is 0 Å². The summed E-state index contributed by atoms with van der Waals surface area (Å²) in [7, 11) is 1.61. The standard InChI is InChI=1S/C12H14N2O3/c1-17-10-4-2-9(3-5-10)11-8-12(16)14(13-11)6-7-15/h2-5,8,13,15H,6-7H2,1H3. The number of nitrogens with zero attached hydrogens (tertiary/aromatic N) is 1. The van der Waals surface area contributed by atoms with Crippen LogP contribution in [0.2, 0.25) is 0 Å². The van der Waals surface area contributed by atoms with E-state index in [-0.39, 0.29) is 18.7 Å². The van der Waals surface area contributed by atoms with Gasteiger partial charge in [-0.15, -0.1) is 0 Å². The second kappa shape index (κ2) is 4.88. The first-order valence-electron chi connectivity index (χ1n) is 5.29. The SMILES string of the molecule is COc1ccc(-c2cc(=O)n(CCO)[nH]2)cc1. The largest absolute Gasteiger partial charge is 0.497 e. The highest BCUT2D eigenvalue weighted by atomic mass is 16.5. The molecule has 90 valence electrons. The zero-order chi connectivity index (χ0) is 12.3. The Morgan fingerprint density at radius 3 is 2.65 bits per heavy atom. The fourth-order valence-corrected chi connectivity index (χ4v) is 1.62. The zero-order valence-corrected chi connectivity index (χ0v) is 9.51. The van der Waals surface area contributed by atoms with Crippen molar-refractivity contribution in [2.45, 2.75) is 6.54 Å². The van der Waals surface area contributed by atoms with Gasteiger partial charge in [0.1, 0.15) is 5.75 Å². The topological polar surface area (TPSA) is 67.2 Å². The van der Waals surface area contributed by atoms with Crippen LogP contribution < -0.4 is 10.3 Å². The van der Waals surface area contributed by atoms with E-state index in [1.807, 2.05) is 24.3 Å². The summed E-state index contributed by atoms with van der Waals surface area (Å²) < 4.78 is 6.44. The van der Waals surface area contributed by atoms with Crippen LogP contribution in [0.5, 0.6) is 5.75 Å². The Kier molecular flexibility index (Phi) is 3.30. The molecule has 0 atom stereocenters. The van der Waals surface area contributed by atoms with E-state index in [4.69, 9.17) is 9.84 Å². The van der Waals surface area contributed by atoms with Gasteiger partial charge in [0.05, 0.1) is 26.0 Å². The average molecular weight is 234 g/mol. The van der Waals surface area contributed by atoms with Gasteiger partial charge in [-0.1, -0.05) is 0 Å². The number of rotatable bonds is 4. The molecular formula is C12H14N2O3. The Morgan fingerprint density at radius 2 is 2.06 bits per heavy atom. The number of hydrogen-bond acceptors (Lipinski definition) is 3. The van der Waals surface area contributed by atoms with Crippen LogP contribution in [0.4, 0.5) is 0 Å². The van der Waals surface area contributed by atoms with Crippen LogP contribution in [-0.4, -0.2) is 28.6 Å². The molecule has 0 saturated carbocycles. The summed E-state index contributed by atoms with van der Waals surface area (Å²) in [4.78, 5) is 11.5. The highest BCUT2D eigenvalue weighted by Crippen LogP contribution is 2.19. The van der Waals surface area contributed by atoms with E-state index in [2.05, 4.69) is 5.10 Å². The number of ether oxygens (including phenoxy) is 1. The predicted molar refractivity (Wildman–Crippen MR) is 64.1 cm³/mol. The van der Waals surface area contributed by atoms with Gasteiger partial charge in [-0.2, -0.15) is 0 Å². The first kappa shape index (κ1) is 11.5. The molecule has 0 amide bonds. The molecule has 0 spiro atoms. The number of hydrogen-bond donors (Lipinski definition) is 2. The molecule has 0 aliphatic heterocycles. The molecule has 2 rings (SSSR count). The average Bonchev–Trinajstić information content (AvgIpc) is 2.72. The summed E-state index contributed by atoms with van der Waals surface area (Å²) in [6, 6.07) is 8.91. The van der Waals surface area contributed by atoms with Gasteiger partial charge in [0.25, 0.3) is 5.56 Å². The lowest BCUT2D eigenvalue weighted by molar-refractivity contribution is 0.267. The van der Waals surface area contributed by atoms with Crippen molar-refractivity contribution in [2.24, 2.45) is 0 Å². The van der Waals surface area contributed by atoms with E-state index in [0.29, 0.717) is 0 Å². The van der Waals surface area contributed by atoms with Crippen LogP contribution >= 0.6 is 0 Å². The van der Waals surface area contributed by atoms with Gasteiger partial charge in [0.15, 0.2) is 0 Å². The molecule has 5 heteroatoms. The van der Waals surface area contributed by atoms with E-state index < -0.39 is 0 Å². The van der Waals surface area contributed by atoms with E-state index in [1.54, 1.807) is 7.11 Å². The number of nitrogens with one attached hydrogen (secondary N) is 1. The minimum atomic E-state index is -0.148. The highest BCUT2D eigenvalue weighted by Gasteiger charge is 2.04. The van der Waals surface area contributed by atoms with Gasteiger partial charge in [-0.3, -0.25) is 14.6 Å². The molecule has 0 aliphatic carbocycles. The van der Waals surface area contributed by atoms with Crippen LogP contribution in [0, 0.1) is 0 Å². The summed E-state index contributed by atoms with van der Waals surface area (Å²) in [5.74, 6) is 0.769. The van der Waals surface area contributed by atoms with Gasteiger partial charge in [-0.25, -0.2) is 0 Å². The second-order valence-electron chi connectivity index (χ2n) is 3.61. The Balaban J connectivity index is 2.32. The molecule has 1 aromatic carbocycles. The zero-order valence-electron chi connectivity index (χ0n) is 9.51. The van der Waals surface area contributed by atoms with E-state index >= 15 is 0 Å². The Morgan fingerprint density at radius 1 is 1.35 bits per heavy atom. The summed E-state index contributed by atoms with van der Waals surface area (Å²) >= 11 is 0. The van der Waals surface area contributed by atoms with Crippen molar-refractivity contribution >= 4 is 0 Å². The molecule has 0 radical (unpaired) electrons. The third-order valence-corrected chi connectivity index (χ3v) is 2.51. The molecule has 0 aliphatic rings. The predicted octanol–water partition coefficient (Wildman–Crippen LogP) is 0.844. The number of H-pyrrole nitrogens is 1. The van der Waals surface area contributed by atoms with Gasteiger partial charge < -0.3 is 9.84 Å². The van der Waals surface area contributed by atoms with Crippen molar-refractivity contribution in [1.82, 2.24) is 9.78 Å². The first-order chi connectivity index (χ1) is 8.24. The van der Waals surface area contributed by atoms with E-state index in [9.17, 15) is 4.79 Å². The molecule has 2 aromatic rings. The number of aliphatic hydroxyl groups is 1. The summed E-state index contributed by atoms with van der Waals surface area (Å²) in [5, 5.41) is 11.7. The van der Waals surface area contributed by atoms with Gasteiger partial charge in [0.2, 0.25) is 0 Å². The molecule has 17 heavy (non-hydrogen) atoms. The molecule has 0 unspecified atom stereocenters. The quantitative estimate of drug-likeness (QED) is 0.824. The molecule has 1 aromatic heterocycles. The first-order valence-corrected chi connectivity index (χ1v) is 5.29. The highest BCUT2D eigenvalue weighted by molar-refractivity contribution is 5.59. The summed E-state index contributed by atoms with van der Waals surface area (Å²) in [6.45, 7) is 0.206.